The first-order chi connectivity index (χ1) is 11.5. The van der Waals surface area contributed by atoms with Crippen LogP contribution in [0.25, 0.3) is 0 Å². The van der Waals surface area contributed by atoms with Gasteiger partial charge in [0.05, 0.1) is 24.7 Å². The highest BCUT2D eigenvalue weighted by Crippen LogP contribution is 2.22. The second kappa shape index (κ2) is 6.82. The van der Waals surface area contributed by atoms with Gasteiger partial charge in [0.1, 0.15) is 5.82 Å². The molecule has 0 N–H and O–H groups in total. The Morgan fingerprint density at radius 3 is 2.83 bits per heavy atom. The van der Waals surface area contributed by atoms with Gasteiger partial charge in [0, 0.05) is 45.7 Å². The number of likely N-dealkylation sites (tertiary alicyclic amines) is 1. The molecule has 0 aromatic carbocycles. The summed E-state index contributed by atoms with van der Waals surface area (Å²) in [7, 11) is 3.65. The molecular formula is C17H21N5O2. The Kier molecular flexibility index (Phi) is 4.59. The Balaban J connectivity index is 1.60. The first-order valence-corrected chi connectivity index (χ1v) is 7.93. The number of aryl methyl sites for hydroxylation is 1. The highest BCUT2D eigenvalue weighted by atomic mass is 16.2. The minimum absolute atomic E-state index is 0.00407. The predicted molar refractivity (Wildman–Crippen MR) is 87.4 cm³/mol. The summed E-state index contributed by atoms with van der Waals surface area (Å²) >= 11 is 0. The van der Waals surface area contributed by atoms with E-state index in [0.717, 1.165) is 11.5 Å². The van der Waals surface area contributed by atoms with Crippen molar-refractivity contribution in [2.24, 2.45) is 13.0 Å². The molecule has 0 saturated carbocycles. The lowest BCUT2D eigenvalue weighted by Gasteiger charge is -2.21. The molecule has 1 aliphatic rings. The molecule has 2 aromatic heterocycles. The number of aromatic nitrogens is 3. The van der Waals surface area contributed by atoms with Gasteiger partial charge >= 0.3 is 0 Å². The summed E-state index contributed by atoms with van der Waals surface area (Å²) in [5.41, 5.74) is 0.834. The van der Waals surface area contributed by atoms with Crippen molar-refractivity contribution in [3.8, 4) is 0 Å². The average Bonchev–Trinajstić information content (AvgIpc) is 3.14. The number of hydrogen-bond donors (Lipinski definition) is 0. The van der Waals surface area contributed by atoms with Crippen LogP contribution in [-0.2, 0) is 29.7 Å². The fourth-order valence-corrected chi connectivity index (χ4v) is 2.93. The van der Waals surface area contributed by atoms with Crippen LogP contribution in [0.4, 0.5) is 0 Å². The fourth-order valence-electron chi connectivity index (χ4n) is 2.93. The molecule has 2 amide bonds. The van der Waals surface area contributed by atoms with E-state index in [4.69, 9.17) is 0 Å². The Morgan fingerprint density at radius 1 is 1.33 bits per heavy atom. The lowest BCUT2D eigenvalue weighted by molar-refractivity contribution is -0.135. The summed E-state index contributed by atoms with van der Waals surface area (Å²) in [6.45, 7) is 1.33. The number of hydrogen-bond acceptors (Lipinski definition) is 4. The fraction of sp³-hybridized carbons (Fsp3) is 0.412. The zero-order valence-corrected chi connectivity index (χ0v) is 13.9. The number of carbonyl (C=O) groups is 2. The van der Waals surface area contributed by atoms with Crippen LogP contribution in [0.3, 0.4) is 0 Å². The van der Waals surface area contributed by atoms with E-state index < -0.39 is 0 Å². The van der Waals surface area contributed by atoms with Crippen molar-refractivity contribution in [3.63, 3.8) is 0 Å². The van der Waals surface area contributed by atoms with E-state index in [9.17, 15) is 9.59 Å². The minimum atomic E-state index is -0.300. The topological polar surface area (TPSA) is 71.3 Å². The summed E-state index contributed by atoms with van der Waals surface area (Å²) in [5.74, 6) is 0.506. The summed E-state index contributed by atoms with van der Waals surface area (Å²) in [4.78, 5) is 36.6. The van der Waals surface area contributed by atoms with Crippen molar-refractivity contribution < 1.29 is 9.59 Å². The normalized spacial score (nSPS) is 17.3. The molecule has 3 heterocycles. The van der Waals surface area contributed by atoms with E-state index in [1.807, 2.05) is 36.0 Å². The maximum atomic E-state index is 12.6. The Labute approximate surface area is 140 Å². The number of rotatable bonds is 5. The number of amides is 2. The third-order valence-electron chi connectivity index (χ3n) is 4.32. The Hall–Kier alpha value is -2.70. The van der Waals surface area contributed by atoms with Gasteiger partial charge in [-0.25, -0.2) is 4.98 Å². The smallest absolute Gasteiger partial charge is 0.228 e. The summed E-state index contributed by atoms with van der Waals surface area (Å²) in [6, 6.07) is 5.62. The molecule has 1 atom stereocenters. The van der Waals surface area contributed by atoms with Crippen LogP contribution in [0, 0.1) is 5.92 Å². The third-order valence-corrected chi connectivity index (χ3v) is 4.32. The van der Waals surface area contributed by atoms with Crippen molar-refractivity contribution in [1.29, 1.82) is 0 Å². The molecule has 24 heavy (non-hydrogen) atoms. The molecule has 0 aliphatic carbocycles. The van der Waals surface area contributed by atoms with Gasteiger partial charge in [0.25, 0.3) is 0 Å². The van der Waals surface area contributed by atoms with Gasteiger partial charge < -0.3 is 14.4 Å². The molecule has 0 bridgehead atoms. The quantitative estimate of drug-likeness (QED) is 0.815. The largest absolute Gasteiger partial charge is 0.338 e. The second-order valence-electron chi connectivity index (χ2n) is 6.15. The molecule has 126 valence electrons. The molecule has 7 nitrogen and oxygen atoms in total. The molecule has 2 aromatic rings. The summed E-state index contributed by atoms with van der Waals surface area (Å²) in [5, 5.41) is 0. The molecule has 1 fully saturated rings. The van der Waals surface area contributed by atoms with Gasteiger partial charge in [0.2, 0.25) is 11.8 Å². The van der Waals surface area contributed by atoms with Crippen LogP contribution in [0.2, 0.25) is 0 Å². The molecule has 0 spiro atoms. The van der Waals surface area contributed by atoms with Gasteiger partial charge in [-0.2, -0.15) is 0 Å². The summed E-state index contributed by atoms with van der Waals surface area (Å²) < 4.78 is 1.89. The lowest BCUT2D eigenvalue weighted by atomic mass is 10.1. The molecule has 1 aliphatic heterocycles. The number of imidazole rings is 1. The molecule has 1 saturated heterocycles. The van der Waals surface area contributed by atoms with Crippen LogP contribution in [0.1, 0.15) is 17.9 Å². The van der Waals surface area contributed by atoms with Crippen LogP contribution in [-0.4, -0.2) is 49.7 Å². The third kappa shape index (κ3) is 3.45. The minimum Gasteiger partial charge on any atom is -0.338 e. The Morgan fingerprint density at radius 2 is 2.17 bits per heavy atom. The summed E-state index contributed by atoms with van der Waals surface area (Å²) in [6.07, 6.45) is 5.53. The van der Waals surface area contributed by atoms with Crippen molar-refractivity contribution in [2.75, 3.05) is 13.6 Å². The number of nitrogens with zero attached hydrogens (tertiary/aromatic N) is 5. The van der Waals surface area contributed by atoms with Crippen molar-refractivity contribution in [1.82, 2.24) is 24.3 Å². The van der Waals surface area contributed by atoms with Crippen LogP contribution < -0.4 is 0 Å². The average molecular weight is 327 g/mol. The van der Waals surface area contributed by atoms with Gasteiger partial charge in [-0.15, -0.1) is 0 Å². The van der Waals surface area contributed by atoms with Gasteiger partial charge in [-0.3, -0.25) is 14.6 Å². The first kappa shape index (κ1) is 16.2. The van der Waals surface area contributed by atoms with Crippen LogP contribution in [0.15, 0.2) is 36.8 Å². The standard InChI is InChI=1S/C17H21N5O2/c1-20-8-7-19-15(20)12-21(2)17(24)13-9-16(23)22(10-13)11-14-5-3-4-6-18-14/h3-8,13H,9-12H2,1-2H3/t13-/m1/s1. The van der Waals surface area contributed by atoms with Gasteiger partial charge in [-0.05, 0) is 12.1 Å². The van der Waals surface area contributed by atoms with E-state index in [1.165, 1.54) is 0 Å². The van der Waals surface area contributed by atoms with Crippen LogP contribution >= 0.6 is 0 Å². The SMILES string of the molecule is CN(Cc1nccn1C)C(=O)[C@@H]1CC(=O)N(Cc2ccccn2)C1. The molecule has 0 radical (unpaired) electrons. The van der Waals surface area contributed by atoms with Crippen molar-refractivity contribution in [3.05, 3.63) is 48.3 Å². The zero-order chi connectivity index (χ0) is 17.1. The Bertz CT molecular complexity index is 728. The van der Waals surface area contributed by atoms with Gasteiger partial charge in [0.15, 0.2) is 0 Å². The van der Waals surface area contributed by atoms with E-state index >= 15 is 0 Å². The number of carbonyl (C=O) groups excluding carboxylic acids is 2. The zero-order valence-electron chi connectivity index (χ0n) is 13.9. The highest BCUT2D eigenvalue weighted by Gasteiger charge is 2.35. The maximum absolute atomic E-state index is 12.6. The van der Waals surface area contributed by atoms with Crippen molar-refractivity contribution >= 4 is 11.8 Å². The highest BCUT2D eigenvalue weighted by molar-refractivity contribution is 5.89. The molecule has 0 unspecified atom stereocenters. The predicted octanol–water partition coefficient (Wildman–Crippen LogP) is 0.822. The van der Waals surface area contributed by atoms with E-state index in [-0.39, 0.29) is 24.2 Å². The van der Waals surface area contributed by atoms with Gasteiger partial charge in [-0.1, -0.05) is 6.07 Å². The number of pyridine rings is 1. The second-order valence-corrected chi connectivity index (χ2v) is 6.15. The molecular weight excluding hydrogens is 306 g/mol. The van der Waals surface area contributed by atoms with E-state index in [2.05, 4.69) is 9.97 Å². The monoisotopic (exact) mass is 327 g/mol. The van der Waals surface area contributed by atoms with Crippen LogP contribution in [0.5, 0.6) is 0 Å². The molecule has 3 rings (SSSR count). The van der Waals surface area contributed by atoms with E-state index in [0.29, 0.717) is 19.6 Å². The molecule has 7 heteroatoms. The lowest BCUT2D eigenvalue weighted by Crippen LogP contribution is -2.34. The maximum Gasteiger partial charge on any atom is 0.228 e. The van der Waals surface area contributed by atoms with E-state index in [1.54, 1.807) is 29.2 Å². The van der Waals surface area contributed by atoms with Crippen molar-refractivity contribution in [2.45, 2.75) is 19.5 Å². The first-order valence-electron chi connectivity index (χ1n) is 7.93.